The maximum atomic E-state index is 13.3. The van der Waals surface area contributed by atoms with E-state index in [2.05, 4.69) is 9.97 Å². The Hall–Kier alpha value is -2.82. The maximum absolute atomic E-state index is 13.3. The van der Waals surface area contributed by atoms with E-state index in [1.54, 1.807) is 24.5 Å². The highest BCUT2D eigenvalue weighted by molar-refractivity contribution is 6.03. The Balaban J connectivity index is 2.32. The zero-order valence-corrected chi connectivity index (χ0v) is 10.2. The van der Waals surface area contributed by atoms with Gasteiger partial charge in [-0.1, -0.05) is 0 Å². The van der Waals surface area contributed by atoms with Crippen LogP contribution in [-0.4, -0.2) is 21.0 Å². The number of halogens is 1. The first kappa shape index (κ1) is 12.2. The van der Waals surface area contributed by atoms with E-state index in [0.29, 0.717) is 16.6 Å². The highest BCUT2D eigenvalue weighted by Gasteiger charge is 2.13. The SMILES string of the molecule is O=C(O)c1cc(-c2ccncc2)nc2cc(F)ccc12. The molecule has 3 rings (SSSR count). The number of pyridine rings is 2. The summed E-state index contributed by atoms with van der Waals surface area (Å²) in [4.78, 5) is 19.6. The van der Waals surface area contributed by atoms with Gasteiger partial charge in [0.15, 0.2) is 0 Å². The number of hydrogen-bond donors (Lipinski definition) is 1. The third-order valence-electron chi connectivity index (χ3n) is 2.98. The molecule has 98 valence electrons. The van der Waals surface area contributed by atoms with Crippen LogP contribution >= 0.6 is 0 Å². The molecule has 0 unspecified atom stereocenters. The summed E-state index contributed by atoms with van der Waals surface area (Å²) in [5, 5.41) is 9.70. The lowest BCUT2D eigenvalue weighted by atomic mass is 10.0. The van der Waals surface area contributed by atoms with E-state index >= 15 is 0 Å². The van der Waals surface area contributed by atoms with Crippen LogP contribution in [0.2, 0.25) is 0 Å². The van der Waals surface area contributed by atoms with Crippen LogP contribution in [0.3, 0.4) is 0 Å². The molecule has 2 heterocycles. The van der Waals surface area contributed by atoms with E-state index < -0.39 is 11.8 Å². The first-order valence-electron chi connectivity index (χ1n) is 5.89. The molecule has 0 saturated heterocycles. The van der Waals surface area contributed by atoms with Crippen LogP contribution in [0.5, 0.6) is 0 Å². The largest absolute Gasteiger partial charge is 0.478 e. The summed E-state index contributed by atoms with van der Waals surface area (Å²) in [6.07, 6.45) is 3.18. The van der Waals surface area contributed by atoms with Crippen LogP contribution in [0.15, 0.2) is 48.8 Å². The van der Waals surface area contributed by atoms with Crippen molar-refractivity contribution in [3.05, 3.63) is 60.2 Å². The number of benzene rings is 1. The molecule has 0 bridgehead atoms. The number of carboxylic acid groups (broad SMARTS) is 1. The van der Waals surface area contributed by atoms with Crippen molar-refractivity contribution in [2.24, 2.45) is 0 Å². The van der Waals surface area contributed by atoms with E-state index in [-0.39, 0.29) is 5.56 Å². The van der Waals surface area contributed by atoms with E-state index in [1.165, 1.54) is 24.3 Å². The molecule has 1 N–H and O–H groups in total. The molecular weight excluding hydrogens is 259 g/mol. The van der Waals surface area contributed by atoms with Gasteiger partial charge in [0.2, 0.25) is 0 Å². The van der Waals surface area contributed by atoms with Gasteiger partial charge in [-0.15, -0.1) is 0 Å². The van der Waals surface area contributed by atoms with Gasteiger partial charge in [-0.2, -0.15) is 0 Å². The number of carbonyl (C=O) groups is 1. The Labute approximate surface area is 113 Å². The molecule has 0 aliphatic rings. The number of carboxylic acids is 1. The molecule has 0 spiro atoms. The van der Waals surface area contributed by atoms with Crippen molar-refractivity contribution in [3.63, 3.8) is 0 Å². The number of rotatable bonds is 2. The van der Waals surface area contributed by atoms with Gasteiger partial charge >= 0.3 is 5.97 Å². The lowest BCUT2D eigenvalue weighted by Gasteiger charge is -2.07. The third-order valence-corrected chi connectivity index (χ3v) is 2.98. The van der Waals surface area contributed by atoms with Gasteiger partial charge in [-0.25, -0.2) is 14.2 Å². The number of aromatic carboxylic acids is 1. The zero-order valence-electron chi connectivity index (χ0n) is 10.2. The summed E-state index contributed by atoms with van der Waals surface area (Å²) in [5.41, 5.74) is 1.62. The number of hydrogen-bond acceptors (Lipinski definition) is 3. The van der Waals surface area contributed by atoms with Gasteiger partial charge in [0.1, 0.15) is 5.82 Å². The van der Waals surface area contributed by atoms with Crippen molar-refractivity contribution >= 4 is 16.9 Å². The van der Waals surface area contributed by atoms with Crippen LogP contribution in [-0.2, 0) is 0 Å². The molecule has 3 aromatic rings. The van der Waals surface area contributed by atoms with E-state index in [4.69, 9.17) is 0 Å². The fourth-order valence-corrected chi connectivity index (χ4v) is 2.05. The molecule has 0 aliphatic carbocycles. The molecular formula is C15H9FN2O2. The fraction of sp³-hybridized carbons (Fsp3) is 0. The van der Waals surface area contributed by atoms with Crippen LogP contribution in [0, 0.1) is 5.82 Å². The van der Waals surface area contributed by atoms with Crippen molar-refractivity contribution in [1.82, 2.24) is 9.97 Å². The summed E-state index contributed by atoms with van der Waals surface area (Å²) in [6, 6.07) is 8.81. The summed E-state index contributed by atoms with van der Waals surface area (Å²) >= 11 is 0. The van der Waals surface area contributed by atoms with Gasteiger partial charge < -0.3 is 5.11 Å². The quantitative estimate of drug-likeness (QED) is 0.775. The predicted molar refractivity (Wildman–Crippen MR) is 71.9 cm³/mol. The number of fused-ring (bicyclic) bond motifs is 1. The Morgan fingerprint density at radius 1 is 1.10 bits per heavy atom. The van der Waals surface area contributed by atoms with Crippen molar-refractivity contribution in [3.8, 4) is 11.3 Å². The maximum Gasteiger partial charge on any atom is 0.336 e. The van der Waals surface area contributed by atoms with E-state index in [0.717, 1.165) is 5.56 Å². The Kier molecular flexibility index (Phi) is 2.87. The molecule has 0 radical (unpaired) electrons. The second kappa shape index (κ2) is 4.70. The Morgan fingerprint density at radius 2 is 1.85 bits per heavy atom. The van der Waals surface area contributed by atoms with Gasteiger partial charge in [0.05, 0.1) is 16.8 Å². The molecule has 0 saturated carbocycles. The van der Waals surface area contributed by atoms with Crippen molar-refractivity contribution in [1.29, 1.82) is 0 Å². The smallest absolute Gasteiger partial charge is 0.336 e. The second-order valence-corrected chi connectivity index (χ2v) is 4.26. The van der Waals surface area contributed by atoms with Crippen LogP contribution in [0.1, 0.15) is 10.4 Å². The molecule has 0 fully saturated rings. The van der Waals surface area contributed by atoms with Crippen LogP contribution in [0.4, 0.5) is 4.39 Å². The van der Waals surface area contributed by atoms with Gasteiger partial charge in [-0.05, 0) is 30.3 Å². The van der Waals surface area contributed by atoms with Crippen molar-refractivity contribution in [2.75, 3.05) is 0 Å². The normalized spacial score (nSPS) is 10.7. The van der Waals surface area contributed by atoms with Crippen LogP contribution < -0.4 is 0 Å². The first-order valence-corrected chi connectivity index (χ1v) is 5.89. The zero-order chi connectivity index (χ0) is 14.1. The first-order chi connectivity index (χ1) is 9.65. The highest BCUT2D eigenvalue weighted by atomic mass is 19.1. The summed E-state index contributed by atoms with van der Waals surface area (Å²) < 4.78 is 13.3. The topological polar surface area (TPSA) is 63.1 Å². The third kappa shape index (κ3) is 2.09. The molecule has 0 amide bonds. The standard InChI is InChI=1S/C15H9FN2O2/c16-10-1-2-11-12(15(19)20)8-13(18-14(11)7-10)9-3-5-17-6-4-9/h1-8H,(H,19,20). The predicted octanol–water partition coefficient (Wildman–Crippen LogP) is 3.13. The minimum Gasteiger partial charge on any atom is -0.478 e. The van der Waals surface area contributed by atoms with E-state index in [9.17, 15) is 14.3 Å². The molecule has 4 nitrogen and oxygen atoms in total. The second-order valence-electron chi connectivity index (χ2n) is 4.26. The minimum atomic E-state index is -1.07. The minimum absolute atomic E-state index is 0.0989. The molecule has 1 aromatic carbocycles. The summed E-state index contributed by atoms with van der Waals surface area (Å²) in [6.45, 7) is 0. The lowest BCUT2D eigenvalue weighted by molar-refractivity contribution is 0.0699. The summed E-state index contributed by atoms with van der Waals surface area (Å²) in [7, 11) is 0. The molecule has 20 heavy (non-hydrogen) atoms. The lowest BCUT2D eigenvalue weighted by Crippen LogP contribution is -2.00. The van der Waals surface area contributed by atoms with E-state index in [1.807, 2.05) is 0 Å². The molecule has 2 aromatic heterocycles. The van der Waals surface area contributed by atoms with Crippen molar-refractivity contribution in [2.45, 2.75) is 0 Å². The van der Waals surface area contributed by atoms with Gasteiger partial charge in [-0.3, -0.25) is 4.98 Å². The summed E-state index contributed by atoms with van der Waals surface area (Å²) in [5.74, 6) is -1.52. The fourth-order valence-electron chi connectivity index (χ4n) is 2.05. The molecule has 0 aliphatic heterocycles. The van der Waals surface area contributed by atoms with Crippen LogP contribution in [0.25, 0.3) is 22.2 Å². The average Bonchev–Trinajstić information content (AvgIpc) is 2.46. The number of aromatic nitrogens is 2. The molecule has 0 atom stereocenters. The Morgan fingerprint density at radius 3 is 2.55 bits per heavy atom. The van der Waals surface area contributed by atoms with Gasteiger partial charge in [0, 0.05) is 29.4 Å². The highest BCUT2D eigenvalue weighted by Crippen LogP contribution is 2.25. The Bertz CT molecular complexity index is 804. The van der Waals surface area contributed by atoms with Crippen molar-refractivity contribution < 1.29 is 14.3 Å². The molecule has 5 heteroatoms. The van der Waals surface area contributed by atoms with Gasteiger partial charge in [0.25, 0.3) is 0 Å². The average molecular weight is 268 g/mol. The number of nitrogens with zero attached hydrogens (tertiary/aromatic N) is 2. The monoisotopic (exact) mass is 268 g/mol.